The summed E-state index contributed by atoms with van der Waals surface area (Å²) in [5.74, 6) is 0.262. The van der Waals surface area contributed by atoms with Gasteiger partial charge < -0.3 is 19.8 Å². The van der Waals surface area contributed by atoms with Gasteiger partial charge in [-0.1, -0.05) is 12.1 Å². The fourth-order valence-electron chi connectivity index (χ4n) is 2.73. The Balaban J connectivity index is 1.53. The van der Waals surface area contributed by atoms with E-state index in [-0.39, 0.29) is 30.8 Å². The molecular formula is C21H24N4O3. The summed E-state index contributed by atoms with van der Waals surface area (Å²) in [6, 6.07) is 12.8. The van der Waals surface area contributed by atoms with Gasteiger partial charge in [0.2, 0.25) is 5.91 Å². The quantitative estimate of drug-likeness (QED) is 0.629. The largest absolute Gasteiger partial charge is 0.487 e. The first kappa shape index (κ1) is 19.4. The maximum atomic E-state index is 12.3. The number of aromatic nitrogens is 2. The topological polar surface area (TPSA) is 84.7 Å². The minimum Gasteiger partial charge on any atom is -0.487 e. The van der Waals surface area contributed by atoms with Crippen LogP contribution in [0.15, 0.2) is 54.9 Å². The lowest BCUT2D eigenvalue weighted by molar-refractivity contribution is -0.121. The minimum absolute atomic E-state index is 0.0835. The number of amides is 2. The molecule has 0 aliphatic heterocycles. The summed E-state index contributed by atoms with van der Waals surface area (Å²) in [4.78, 5) is 28.4. The van der Waals surface area contributed by atoms with E-state index in [1.807, 2.05) is 48.8 Å². The van der Waals surface area contributed by atoms with Crippen LogP contribution in [0.4, 0.5) is 0 Å². The molecule has 2 heterocycles. The number of ether oxygens (including phenoxy) is 1. The van der Waals surface area contributed by atoms with E-state index in [1.165, 1.54) is 0 Å². The highest BCUT2D eigenvalue weighted by molar-refractivity contribution is 5.94. The van der Waals surface area contributed by atoms with E-state index in [0.717, 1.165) is 11.3 Å². The van der Waals surface area contributed by atoms with E-state index in [9.17, 15) is 9.59 Å². The average Bonchev–Trinajstić information content (AvgIpc) is 3.09. The molecule has 0 atom stereocenters. The van der Waals surface area contributed by atoms with Crippen molar-refractivity contribution >= 4 is 17.5 Å². The van der Waals surface area contributed by atoms with Crippen molar-refractivity contribution in [3.05, 3.63) is 66.1 Å². The SMILES string of the molecule is CC(C)NC(=O)CCNC(=O)c1cccc(OCc2cn3ccccc3n2)c1. The van der Waals surface area contributed by atoms with Crippen LogP contribution in [0.2, 0.25) is 0 Å². The van der Waals surface area contributed by atoms with Crippen molar-refractivity contribution in [2.24, 2.45) is 0 Å². The van der Waals surface area contributed by atoms with E-state index < -0.39 is 0 Å². The summed E-state index contributed by atoms with van der Waals surface area (Å²) in [6.07, 6.45) is 4.08. The van der Waals surface area contributed by atoms with Crippen LogP contribution in [0.5, 0.6) is 5.75 Å². The third-order valence-electron chi connectivity index (χ3n) is 3.98. The fraction of sp³-hybridized carbons (Fsp3) is 0.286. The first-order chi connectivity index (χ1) is 13.5. The van der Waals surface area contributed by atoms with Gasteiger partial charge in [0, 0.05) is 37.0 Å². The molecule has 0 spiro atoms. The molecule has 0 radical (unpaired) electrons. The van der Waals surface area contributed by atoms with Gasteiger partial charge in [-0.25, -0.2) is 4.98 Å². The van der Waals surface area contributed by atoms with Gasteiger partial charge in [0.15, 0.2) is 0 Å². The number of hydrogen-bond donors (Lipinski definition) is 2. The molecule has 0 aliphatic rings. The Hall–Kier alpha value is -3.35. The Morgan fingerprint density at radius 1 is 1.18 bits per heavy atom. The lowest BCUT2D eigenvalue weighted by atomic mass is 10.2. The highest BCUT2D eigenvalue weighted by atomic mass is 16.5. The Labute approximate surface area is 163 Å². The number of nitrogens with zero attached hydrogens (tertiary/aromatic N) is 2. The number of pyridine rings is 1. The van der Waals surface area contributed by atoms with Crippen molar-refractivity contribution in [2.75, 3.05) is 6.54 Å². The molecule has 0 unspecified atom stereocenters. The van der Waals surface area contributed by atoms with Crippen molar-refractivity contribution in [3.63, 3.8) is 0 Å². The molecule has 3 aromatic rings. The summed E-state index contributed by atoms with van der Waals surface area (Å²) < 4.78 is 7.71. The maximum absolute atomic E-state index is 12.3. The predicted octanol–water partition coefficient (Wildman–Crippen LogP) is 2.56. The monoisotopic (exact) mass is 380 g/mol. The van der Waals surface area contributed by atoms with Crippen molar-refractivity contribution in [1.29, 1.82) is 0 Å². The summed E-state index contributed by atoms with van der Waals surface area (Å²) in [5.41, 5.74) is 2.14. The van der Waals surface area contributed by atoms with Gasteiger partial charge in [-0.2, -0.15) is 0 Å². The maximum Gasteiger partial charge on any atom is 0.251 e. The van der Waals surface area contributed by atoms with E-state index in [1.54, 1.807) is 24.3 Å². The second kappa shape index (κ2) is 9.03. The van der Waals surface area contributed by atoms with Crippen molar-refractivity contribution in [2.45, 2.75) is 32.9 Å². The van der Waals surface area contributed by atoms with Crippen LogP contribution in [0, 0.1) is 0 Å². The Kier molecular flexibility index (Phi) is 6.26. The lowest BCUT2D eigenvalue weighted by Crippen LogP contribution is -2.34. The number of fused-ring (bicyclic) bond motifs is 1. The molecule has 7 heteroatoms. The highest BCUT2D eigenvalue weighted by Crippen LogP contribution is 2.15. The lowest BCUT2D eigenvalue weighted by Gasteiger charge is -2.10. The average molecular weight is 380 g/mol. The first-order valence-electron chi connectivity index (χ1n) is 9.24. The van der Waals surface area contributed by atoms with Crippen LogP contribution >= 0.6 is 0 Å². The minimum atomic E-state index is -0.240. The number of hydrogen-bond acceptors (Lipinski definition) is 4. The molecule has 1 aromatic carbocycles. The Morgan fingerprint density at radius 3 is 2.82 bits per heavy atom. The second-order valence-electron chi connectivity index (χ2n) is 6.74. The van der Waals surface area contributed by atoms with Crippen LogP contribution in [0.3, 0.4) is 0 Å². The summed E-state index contributed by atoms with van der Waals surface area (Å²) in [7, 11) is 0. The number of carbonyl (C=O) groups excluding carboxylic acids is 2. The van der Waals surface area contributed by atoms with Crippen LogP contribution in [-0.2, 0) is 11.4 Å². The van der Waals surface area contributed by atoms with E-state index >= 15 is 0 Å². The van der Waals surface area contributed by atoms with Gasteiger partial charge in [0.1, 0.15) is 18.0 Å². The molecule has 0 bridgehead atoms. The number of imidazole rings is 1. The third kappa shape index (κ3) is 5.33. The molecule has 2 N–H and O–H groups in total. The van der Waals surface area contributed by atoms with Gasteiger partial charge >= 0.3 is 0 Å². The molecule has 0 fully saturated rings. The first-order valence-corrected chi connectivity index (χ1v) is 9.24. The molecule has 0 saturated heterocycles. The van der Waals surface area contributed by atoms with Gasteiger partial charge in [-0.15, -0.1) is 0 Å². The highest BCUT2D eigenvalue weighted by Gasteiger charge is 2.09. The molecule has 146 valence electrons. The van der Waals surface area contributed by atoms with E-state index in [0.29, 0.717) is 17.9 Å². The van der Waals surface area contributed by atoms with Crippen LogP contribution in [-0.4, -0.2) is 33.8 Å². The van der Waals surface area contributed by atoms with Crippen LogP contribution < -0.4 is 15.4 Å². The number of carbonyl (C=O) groups is 2. The summed E-state index contributed by atoms with van der Waals surface area (Å²) >= 11 is 0. The zero-order valence-corrected chi connectivity index (χ0v) is 16.0. The van der Waals surface area contributed by atoms with Crippen molar-refractivity contribution in [1.82, 2.24) is 20.0 Å². The standard InChI is InChI=1S/C21H24N4O3/c1-15(2)23-20(26)9-10-22-21(27)16-6-5-7-18(12-16)28-14-17-13-25-11-4-3-8-19(25)24-17/h3-8,11-13,15H,9-10,14H2,1-2H3,(H,22,27)(H,23,26). The van der Waals surface area contributed by atoms with Crippen LogP contribution in [0.1, 0.15) is 36.3 Å². The fourth-order valence-corrected chi connectivity index (χ4v) is 2.73. The zero-order valence-electron chi connectivity index (χ0n) is 16.0. The Morgan fingerprint density at radius 2 is 2.04 bits per heavy atom. The van der Waals surface area contributed by atoms with Gasteiger partial charge in [0.05, 0.1) is 5.69 Å². The van der Waals surface area contributed by atoms with E-state index in [2.05, 4.69) is 15.6 Å². The molecule has 3 rings (SSSR count). The summed E-state index contributed by atoms with van der Waals surface area (Å²) in [5, 5.41) is 5.54. The smallest absolute Gasteiger partial charge is 0.251 e. The number of rotatable bonds is 8. The molecule has 2 amide bonds. The molecule has 28 heavy (non-hydrogen) atoms. The van der Waals surface area contributed by atoms with E-state index in [4.69, 9.17) is 4.74 Å². The van der Waals surface area contributed by atoms with Gasteiger partial charge in [-0.05, 0) is 44.2 Å². The van der Waals surface area contributed by atoms with Crippen molar-refractivity contribution < 1.29 is 14.3 Å². The number of benzene rings is 1. The molecular weight excluding hydrogens is 356 g/mol. The predicted molar refractivity (Wildman–Crippen MR) is 106 cm³/mol. The van der Waals surface area contributed by atoms with Gasteiger partial charge in [0.25, 0.3) is 5.91 Å². The normalized spacial score (nSPS) is 10.8. The third-order valence-corrected chi connectivity index (χ3v) is 3.98. The summed E-state index contributed by atoms with van der Waals surface area (Å²) in [6.45, 7) is 4.38. The molecule has 0 aliphatic carbocycles. The number of nitrogens with one attached hydrogen (secondary N) is 2. The molecule has 0 saturated carbocycles. The Bertz CT molecular complexity index is 932. The van der Waals surface area contributed by atoms with Crippen LogP contribution in [0.25, 0.3) is 5.65 Å². The second-order valence-corrected chi connectivity index (χ2v) is 6.74. The van der Waals surface area contributed by atoms with Gasteiger partial charge in [-0.3, -0.25) is 9.59 Å². The molecule has 2 aromatic heterocycles. The molecule has 7 nitrogen and oxygen atoms in total. The zero-order chi connectivity index (χ0) is 19.9. The van der Waals surface area contributed by atoms with Crippen molar-refractivity contribution in [3.8, 4) is 5.75 Å².